The summed E-state index contributed by atoms with van der Waals surface area (Å²) in [7, 11) is -0.836. The van der Waals surface area contributed by atoms with E-state index in [0.29, 0.717) is 6.61 Å². The maximum Gasteiger partial charge on any atom is 0.491 e. The fourth-order valence-corrected chi connectivity index (χ4v) is 2.94. The zero-order valence-corrected chi connectivity index (χ0v) is 13.8. The molecular formula is C16H20BNO3S. The van der Waals surface area contributed by atoms with Crippen molar-refractivity contribution in [2.45, 2.75) is 32.3 Å². The average Bonchev–Trinajstić information content (AvgIpc) is 2.87. The quantitative estimate of drug-likeness (QED) is 0.600. The number of phenolic OH excluding ortho intramolecular Hbond substituents is 1. The Bertz CT molecular complexity index is 651. The topological polar surface area (TPSA) is 61.7 Å². The van der Waals surface area contributed by atoms with E-state index in [1.165, 1.54) is 11.9 Å². The van der Waals surface area contributed by atoms with Crippen molar-refractivity contribution in [2.24, 2.45) is 0 Å². The molecule has 0 aromatic heterocycles. The van der Waals surface area contributed by atoms with Gasteiger partial charge in [0.2, 0.25) is 0 Å². The molecule has 2 aromatic rings. The van der Waals surface area contributed by atoms with E-state index < -0.39 is 7.12 Å². The Morgan fingerprint density at radius 1 is 1.23 bits per heavy atom. The van der Waals surface area contributed by atoms with Gasteiger partial charge in [0.05, 0.1) is 6.61 Å². The Kier molecular flexibility index (Phi) is 5.77. The summed E-state index contributed by atoms with van der Waals surface area (Å²) in [6.45, 7) is 6.47. The molecule has 0 spiro atoms. The first-order valence-electron chi connectivity index (χ1n) is 7.28. The molecule has 2 aromatic carbocycles. The molecule has 0 amide bonds. The minimum Gasteiger partial charge on any atom is -0.508 e. The van der Waals surface area contributed by atoms with Gasteiger partial charge in [-0.15, -0.1) is 0 Å². The molecule has 0 radical (unpaired) electrons. The maximum atomic E-state index is 9.73. The number of rotatable bonds is 3. The second-order valence-electron chi connectivity index (χ2n) is 4.73. The van der Waals surface area contributed by atoms with Crippen molar-refractivity contribution in [2.75, 3.05) is 4.72 Å². The van der Waals surface area contributed by atoms with Crippen molar-refractivity contribution in [1.29, 1.82) is 0 Å². The maximum absolute atomic E-state index is 9.73. The largest absolute Gasteiger partial charge is 0.508 e. The van der Waals surface area contributed by atoms with Crippen molar-refractivity contribution in [3.8, 4) is 5.75 Å². The number of hydrogen-bond acceptors (Lipinski definition) is 5. The molecule has 1 aliphatic heterocycles. The summed E-state index contributed by atoms with van der Waals surface area (Å²) >= 11 is 1.42. The van der Waals surface area contributed by atoms with Crippen LogP contribution in [0.1, 0.15) is 25.0 Å². The first-order valence-corrected chi connectivity index (χ1v) is 8.10. The lowest BCUT2D eigenvalue weighted by Gasteiger charge is -2.11. The van der Waals surface area contributed by atoms with Gasteiger partial charge in [-0.2, -0.15) is 0 Å². The highest BCUT2D eigenvalue weighted by molar-refractivity contribution is 8.00. The number of hydrogen-bond donors (Lipinski definition) is 3. The van der Waals surface area contributed by atoms with Crippen LogP contribution in [0.15, 0.2) is 41.3 Å². The van der Waals surface area contributed by atoms with Crippen molar-refractivity contribution >= 4 is 30.2 Å². The van der Waals surface area contributed by atoms with E-state index in [4.69, 9.17) is 4.65 Å². The van der Waals surface area contributed by atoms with Gasteiger partial charge < -0.3 is 19.5 Å². The van der Waals surface area contributed by atoms with Crippen molar-refractivity contribution < 1.29 is 14.8 Å². The Morgan fingerprint density at radius 2 is 2.00 bits per heavy atom. The number of aromatic hydroxyl groups is 1. The van der Waals surface area contributed by atoms with Crippen LogP contribution in [0.4, 0.5) is 5.69 Å². The summed E-state index contributed by atoms with van der Waals surface area (Å²) in [6, 6.07) is 11.0. The van der Waals surface area contributed by atoms with Crippen LogP contribution in [0, 0.1) is 6.92 Å². The normalized spacial score (nSPS) is 12.5. The van der Waals surface area contributed by atoms with Crippen molar-refractivity contribution in [3.05, 3.63) is 47.5 Å². The number of phenols is 1. The zero-order chi connectivity index (χ0) is 16.1. The SMILES string of the molecule is CC.Cc1cc2c(cc1NSc1cccc(O)c1)B(O)OC2. The molecule has 6 heteroatoms. The lowest BCUT2D eigenvalue weighted by molar-refractivity contribution is 0.275. The van der Waals surface area contributed by atoms with Gasteiger partial charge in [0, 0.05) is 10.6 Å². The van der Waals surface area contributed by atoms with E-state index >= 15 is 0 Å². The van der Waals surface area contributed by atoms with Gasteiger partial charge >= 0.3 is 7.12 Å². The van der Waals surface area contributed by atoms with Gasteiger partial charge in [-0.25, -0.2) is 0 Å². The molecule has 0 saturated carbocycles. The van der Waals surface area contributed by atoms with Crippen LogP contribution < -0.4 is 10.2 Å². The molecule has 3 rings (SSSR count). The molecule has 0 unspecified atom stereocenters. The second-order valence-corrected chi connectivity index (χ2v) is 5.61. The molecule has 4 nitrogen and oxygen atoms in total. The Balaban J connectivity index is 0.000000847. The van der Waals surface area contributed by atoms with E-state index in [1.54, 1.807) is 18.2 Å². The molecule has 0 saturated heterocycles. The number of nitrogens with one attached hydrogen (secondary N) is 1. The van der Waals surface area contributed by atoms with Crippen LogP contribution in [0.2, 0.25) is 0 Å². The van der Waals surface area contributed by atoms with Gasteiger partial charge in [-0.3, -0.25) is 0 Å². The Hall–Kier alpha value is -1.63. The lowest BCUT2D eigenvalue weighted by atomic mass is 9.79. The van der Waals surface area contributed by atoms with E-state index in [-0.39, 0.29) is 5.75 Å². The first-order chi connectivity index (χ1) is 10.6. The highest BCUT2D eigenvalue weighted by Gasteiger charge is 2.28. The summed E-state index contributed by atoms with van der Waals surface area (Å²) in [5.74, 6) is 0.242. The summed E-state index contributed by atoms with van der Waals surface area (Å²) in [5, 5.41) is 19.2. The molecule has 116 valence electrons. The van der Waals surface area contributed by atoms with Crippen LogP contribution in [-0.4, -0.2) is 17.2 Å². The van der Waals surface area contributed by atoms with Gasteiger partial charge in [-0.1, -0.05) is 26.0 Å². The molecule has 0 bridgehead atoms. The zero-order valence-electron chi connectivity index (χ0n) is 13.0. The smallest absolute Gasteiger partial charge is 0.491 e. The lowest BCUT2D eigenvalue weighted by Crippen LogP contribution is -2.28. The molecule has 0 atom stereocenters. The molecule has 1 aliphatic rings. The molecule has 0 fully saturated rings. The Labute approximate surface area is 135 Å². The minimum absolute atomic E-state index is 0.242. The monoisotopic (exact) mass is 317 g/mol. The summed E-state index contributed by atoms with van der Waals surface area (Å²) in [4.78, 5) is 0.918. The highest BCUT2D eigenvalue weighted by Crippen LogP contribution is 2.27. The van der Waals surface area contributed by atoms with Crippen molar-refractivity contribution in [3.63, 3.8) is 0 Å². The van der Waals surface area contributed by atoms with Gasteiger partial charge in [0.25, 0.3) is 0 Å². The third-order valence-electron chi connectivity index (χ3n) is 3.25. The predicted molar refractivity (Wildman–Crippen MR) is 92.5 cm³/mol. The molecule has 22 heavy (non-hydrogen) atoms. The molecule has 1 heterocycles. The number of benzene rings is 2. The standard InChI is InChI=1S/C14H14BNO3S.C2H6/c1-9-5-10-8-19-15(18)13(10)7-14(9)16-20-12-4-2-3-11(17)6-12;1-2/h2-7,16-18H,8H2,1H3;1-2H3. The van der Waals surface area contributed by atoms with Gasteiger partial charge in [0.15, 0.2) is 0 Å². The highest BCUT2D eigenvalue weighted by atomic mass is 32.2. The summed E-state index contributed by atoms with van der Waals surface area (Å²) < 4.78 is 8.45. The van der Waals surface area contributed by atoms with Crippen LogP contribution >= 0.6 is 11.9 Å². The third-order valence-corrected chi connectivity index (χ3v) is 4.06. The molecule has 3 N–H and O–H groups in total. The summed E-state index contributed by atoms with van der Waals surface area (Å²) in [5.41, 5.74) is 3.87. The van der Waals surface area contributed by atoms with Gasteiger partial charge in [-0.05, 0) is 59.7 Å². The van der Waals surface area contributed by atoms with Crippen LogP contribution in [0.5, 0.6) is 5.75 Å². The third kappa shape index (κ3) is 3.77. The molecule has 0 aliphatic carbocycles. The Morgan fingerprint density at radius 3 is 2.73 bits per heavy atom. The second kappa shape index (κ2) is 7.58. The fraction of sp³-hybridized carbons (Fsp3) is 0.250. The van der Waals surface area contributed by atoms with E-state index in [2.05, 4.69) is 4.72 Å². The van der Waals surface area contributed by atoms with Crippen LogP contribution in [0.25, 0.3) is 0 Å². The first kappa shape index (κ1) is 16.7. The predicted octanol–water partition coefficient (Wildman–Crippen LogP) is 3.06. The number of anilines is 1. The van der Waals surface area contributed by atoms with E-state index in [9.17, 15) is 10.1 Å². The number of fused-ring (bicyclic) bond motifs is 1. The van der Waals surface area contributed by atoms with Gasteiger partial charge in [0.1, 0.15) is 5.75 Å². The van der Waals surface area contributed by atoms with Crippen molar-refractivity contribution in [1.82, 2.24) is 0 Å². The minimum atomic E-state index is -0.836. The summed E-state index contributed by atoms with van der Waals surface area (Å²) in [6.07, 6.45) is 0. The number of aryl methyl sites for hydroxylation is 1. The van der Waals surface area contributed by atoms with E-state index in [1.807, 2.05) is 39.0 Å². The van der Waals surface area contributed by atoms with E-state index in [0.717, 1.165) is 27.2 Å². The molecular weight excluding hydrogens is 297 g/mol. The average molecular weight is 317 g/mol. The van der Waals surface area contributed by atoms with Crippen LogP contribution in [0.3, 0.4) is 0 Å². The van der Waals surface area contributed by atoms with Crippen LogP contribution in [-0.2, 0) is 11.3 Å². The fourth-order valence-electron chi connectivity index (χ4n) is 2.17.